The van der Waals surface area contributed by atoms with Crippen molar-refractivity contribution < 1.29 is 9.18 Å². The quantitative estimate of drug-likeness (QED) is 0.446. The molecule has 138 valence electrons. The number of nitrogens with one attached hydrogen (secondary N) is 3. The molecule has 3 N–H and O–H groups in total. The fourth-order valence-electron chi connectivity index (χ4n) is 3.56. The van der Waals surface area contributed by atoms with Crippen LogP contribution in [0, 0.1) is 5.82 Å². The fourth-order valence-corrected chi connectivity index (χ4v) is 3.56. The molecular formula is C22H22FN3O. The smallest absolute Gasteiger partial charge is 0.220 e. The highest BCUT2D eigenvalue weighted by molar-refractivity contribution is 5.84. The van der Waals surface area contributed by atoms with Crippen LogP contribution in [0.1, 0.15) is 24.0 Å². The molecule has 0 aliphatic rings. The van der Waals surface area contributed by atoms with Gasteiger partial charge in [0.25, 0.3) is 0 Å². The predicted octanol–water partition coefficient (Wildman–Crippen LogP) is 4.47. The van der Waals surface area contributed by atoms with Crippen molar-refractivity contribution in [1.82, 2.24) is 15.3 Å². The summed E-state index contributed by atoms with van der Waals surface area (Å²) in [6.07, 6.45) is 6.77. The number of aromatic amines is 2. The maximum atomic E-state index is 13.4. The maximum absolute atomic E-state index is 13.4. The fraction of sp³-hybridized carbons (Fsp3) is 0.227. The molecule has 4 aromatic rings. The zero-order valence-electron chi connectivity index (χ0n) is 15.0. The highest BCUT2D eigenvalue weighted by atomic mass is 19.1. The standard InChI is InChI=1S/C22H22FN3O/c23-17-8-9-21-19(12-17)16(14-26-21)10-11-24-22(27)7-3-4-15-13-25-20-6-2-1-5-18(15)20/h1-2,5-6,8-9,12-14,25-26H,3-4,7,10-11H2,(H,24,27). The van der Waals surface area contributed by atoms with Crippen molar-refractivity contribution in [3.63, 3.8) is 0 Å². The van der Waals surface area contributed by atoms with E-state index in [9.17, 15) is 9.18 Å². The summed E-state index contributed by atoms with van der Waals surface area (Å²) in [5, 5.41) is 5.07. The summed E-state index contributed by atoms with van der Waals surface area (Å²) < 4.78 is 13.4. The van der Waals surface area contributed by atoms with Crippen LogP contribution in [-0.2, 0) is 17.6 Å². The number of hydrogen-bond acceptors (Lipinski definition) is 1. The Morgan fingerprint density at radius 3 is 2.52 bits per heavy atom. The van der Waals surface area contributed by atoms with Gasteiger partial charge in [0.05, 0.1) is 0 Å². The molecule has 2 heterocycles. The molecule has 0 fully saturated rings. The van der Waals surface area contributed by atoms with Gasteiger partial charge in [-0.15, -0.1) is 0 Å². The lowest BCUT2D eigenvalue weighted by Crippen LogP contribution is -2.25. The third-order valence-corrected chi connectivity index (χ3v) is 4.97. The second kappa shape index (κ2) is 7.66. The van der Waals surface area contributed by atoms with Crippen molar-refractivity contribution in [3.8, 4) is 0 Å². The van der Waals surface area contributed by atoms with Crippen LogP contribution in [0.2, 0.25) is 0 Å². The van der Waals surface area contributed by atoms with Crippen LogP contribution in [0.4, 0.5) is 4.39 Å². The number of amides is 1. The normalized spacial score (nSPS) is 11.3. The number of carbonyl (C=O) groups excluding carboxylic acids is 1. The Kier molecular flexibility index (Phi) is 4.92. The monoisotopic (exact) mass is 363 g/mol. The van der Waals surface area contributed by atoms with Gasteiger partial charge >= 0.3 is 0 Å². The van der Waals surface area contributed by atoms with Crippen molar-refractivity contribution >= 4 is 27.7 Å². The lowest BCUT2D eigenvalue weighted by Gasteiger charge is -2.05. The first-order valence-electron chi connectivity index (χ1n) is 9.28. The number of halogens is 1. The highest BCUT2D eigenvalue weighted by Gasteiger charge is 2.07. The van der Waals surface area contributed by atoms with Crippen LogP contribution in [0.5, 0.6) is 0 Å². The summed E-state index contributed by atoms with van der Waals surface area (Å²) in [4.78, 5) is 18.5. The van der Waals surface area contributed by atoms with Crippen LogP contribution < -0.4 is 5.32 Å². The Morgan fingerprint density at radius 1 is 0.926 bits per heavy atom. The molecule has 0 spiro atoms. The van der Waals surface area contributed by atoms with Crippen molar-refractivity contribution in [2.45, 2.75) is 25.7 Å². The molecule has 0 saturated carbocycles. The highest BCUT2D eigenvalue weighted by Crippen LogP contribution is 2.20. The van der Waals surface area contributed by atoms with E-state index in [4.69, 9.17) is 0 Å². The van der Waals surface area contributed by atoms with Gasteiger partial charge in [0.1, 0.15) is 5.82 Å². The van der Waals surface area contributed by atoms with E-state index < -0.39 is 0 Å². The van der Waals surface area contributed by atoms with E-state index in [2.05, 4.69) is 27.4 Å². The van der Waals surface area contributed by atoms with Crippen LogP contribution >= 0.6 is 0 Å². The van der Waals surface area contributed by atoms with E-state index in [1.165, 1.54) is 23.1 Å². The van der Waals surface area contributed by atoms with Crippen molar-refractivity contribution in [1.29, 1.82) is 0 Å². The Bertz CT molecular complexity index is 1080. The lowest BCUT2D eigenvalue weighted by molar-refractivity contribution is -0.121. The SMILES string of the molecule is O=C(CCCc1c[nH]c2ccccc12)NCCc1c[nH]c2ccc(F)cc12. The van der Waals surface area contributed by atoms with E-state index >= 15 is 0 Å². The number of benzene rings is 2. The van der Waals surface area contributed by atoms with E-state index in [1.807, 2.05) is 24.5 Å². The van der Waals surface area contributed by atoms with Crippen LogP contribution in [0.3, 0.4) is 0 Å². The minimum Gasteiger partial charge on any atom is -0.361 e. The molecule has 2 aromatic carbocycles. The van der Waals surface area contributed by atoms with Gasteiger partial charge < -0.3 is 15.3 Å². The molecule has 0 aliphatic heterocycles. The first-order valence-corrected chi connectivity index (χ1v) is 9.28. The van der Waals surface area contributed by atoms with E-state index in [-0.39, 0.29) is 11.7 Å². The van der Waals surface area contributed by atoms with E-state index in [1.54, 1.807) is 6.07 Å². The summed E-state index contributed by atoms with van der Waals surface area (Å²) in [5.41, 5.74) is 4.31. The largest absolute Gasteiger partial charge is 0.361 e. The average Bonchev–Trinajstić information content (AvgIpc) is 3.26. The van der Waals surface area contributed by atoms with Gasteiger partial charge in [-0.2, -0.15) is 0 Å². The Labute approximate surface area is 156 Å². The Balaban J connectivity index is 1.24. The lowest BCUT2D eigenvalue weighted by atomic mass is 10.1. The minimum atomic E-state index is -0.246. The van der Waals surface area contributed by atoms with Crippen molar-refractivity contribution in [3.05, 3.63) is 71.8 Å². The number of aromatic nitrogens is 2. The number of carbonyl (C=O) groups is 1. The molecule has 27 heavy (non-hydrogen) atoms. The number of H-pyrrole nitrogens is 2. The maximum Gasteiger partial charge on any atom is 0.220 e. The second-order valence-corrected chi connectivity index (χ2v) is 6.82. The van der Waals surface area contributed by atoms with Gasteiger partial charge in [-0.3, -0.25) is 4.79 Å². The molecule has 2 aromatic heterocycles. The summed E-state index contributed by atoms with van der Waals surface area (Å²) in [7, 11) is 0. The molecule has 0 saturated heterocycles. The summed E-state index contributed by atoms with van der Waals surface area (Å²) in [5.74, 6) is -0.189. The minimum absolute atomic E-state index is 0.0564. The Morgan fingerprint density at radius 2 is 1.67 bits per heavy atom. The average molecular weight is 363 g/mol. The molecule has 0 atom stereocenters. The van der Waals surface area contributed by atoms with Crippen LogP contribution in [-0.4, -0.2) is 22.4 Å². The van der Waals surface area contributed by atoms with Gasteiger partial charge in [0, 0.05) is 47.2 Å². The summed E-state index contributed by atoms with van der Waals surface area (Å²) >= 11 is 0. The topological polar surface area (TPSA) is 60.7 Å². The molecule has 0 radical (unpaired) electrons. The first-order chi connectivity index (χ1) is 13.2. The van der Waals surface area contributed by atoms with Gasteiger partial charge in [-0.05, 0) is 54.7 Å². The molecule has 4 nitrogen and oxygen atoms in total. The zero-order chi connectivity index (χ0) is 18.6. The molecule has 4 rings (SSSR count). The molecule has 0 bridgehead atoms. The van der Waals surface area contributed by atoms with Crippen LogP contribution in [0.25, 0.3) is 21.8 Å². The number of hydrogen-bond donors (Lipinski definition) is 3. The van der Waals surface area contributed by atoms with Gasteiger partial charge in [-0.1, -0.05) is 18.2 Å². The van der Waals surface area contributed by atoms with Crippen molar-refractivity contribution in [2.75, 3.05) is 6.54 Å². The molecule has 1 amide bonds. The number of fused-ring (bicyclic) bond motifs is 2. The second-order valence-electron chi connectivity index (χ2n) is 6.82. The summed E-state index contributed by atoms with van der Waals surface area (Å²) in [6, 6.07) is 12.9. The zero-order valence-corrected chi connectivity index (χ0v) is 15.0. The van der Waals surface area contributed by atoms with E-state index in [0.717, 1.165) is 34.8 Å². The number of aryl methyl sites for hydroxylation is 1. The Hall–Kier alpha value is -3.08. The van der Waals surface area contributed by atoms with Gasteiger partial charge in [0.2, 0.25) is 5.91 Å². The number of rotatable bonds is 7. The predicted molar refractivity (Wildman–Crippen MR) is 106 cm³/mol. The summed E-state index contributed by atoms with van der Waals surface area (Å²) in [6.45, 7) is 0.551. The molecular weight excluding hydrogens is 341 g/mol. The molecule has 0 aliphatic carbocycles. The van der Waals surface area contributed by atoms with Gasteiger partial charge in [0.15, 0.2) is 0 Å². The van der Waals surface area contributed by atoms with Crippen LogP contribution in [0.15, 0.2) is 54.9 Å². The third-order valence-electron chi connectivity index (χ3n) is 4.97. The molecule has 5 heteroatoms. The van der Waals surface area contributed by atoms with E-state index in [0.29, 0.717) is 19.4 Å². The molecule has 0 unspecified atom stereocenters. The number of para-hydroxylation sites is 1. The van der Waals surface area contributed by atoms with Crippen molar-refractivity contribution in [2.24, 2.45) is 0 Å². The first kappa shape index (κ1) is 17.3. The van der Waals surface area contributed by atoms with Gasteiger partial charge in [-0.25, -0.2) is 4.39 Å². The third kappa shape index (κ3) is 3.87.